The number of hydrogen-bond acceptors (Lipinski definition) is 2. The number of carbonyl (C=O) groups is 1. The lowest BCUT2D eigenvalue weighted by Gasteiger charge is -2.49. The fourth-order valence-corrected chi connectivity index (χ4v) is 3.12. The molecular formula is C16H13Cl2NO2. The standard InChI is InChI=1S/C16H13Cl2NO2/c1-21-13-9-7-12(8-10-13)19-14(16(17,18)15(19)20)11-5-3-2-4-6-11/h2-10,14H,1H3. The van der Waals surface area contributed by atoms with Crippen molar-refractivity contribution in [3.63, 3.8) is 0 Å². The van der Waals surface area contributed by atoms with E-state index in [1.807, 2.05) is 42.5 Å². The first-order chi connectivity index (χ1) is 10.1. The van der Waals surface area contributed by atoms with Crippen LogP contribution in [0, 0.1) is 0 Å². The van der Waals surface area contributed by atoms with Crippen molar-refractivity contribution in [1.82, 2.24) is 0 Å². The minimum Gasteiger partial charge on any atom is -0.497 e. The van der Waals surface area contributed by atoms with Gasteiger partial charge < -0.3 is 4.74 Å². The van der Waals surface area contributed by atoms with Crippen molar-refractivity contribution in [3.05, 3.63) is 60.2 Å². The van der Waals surface area contributed by atoms with E-state index in [0.29, 0.717) is 0 Å². The summed E-state index contributed by atoms with van der Waals surface area (Å²) in [5.41, 5.74) is 1.64. The van der Waals surface area contributed by atoms with Crippen LogP contribution in [-0.4, -0.2) is 17.4 Å². The lowest BCUT2D eigenvalue weighted by Crippen LogP contribution is -2.62. The summed E-state index contributed by atoms with van der Waals surface area (Å²) in [6.45, 7) is 0. The summed E-state index contributed by atoms with van der Waals surface area (Å²) in [4.78, 5) is 13.9. The van der Waals surface area contributed by atoms with Gasteiger partial charge in [-0.2, -0.15) is 0 Å². The molecule has 5 heteroatoms. The van der Waals surface area contributed by atoms with E-state index in [1.54, 1.807) is 24.1 Å². The molecule has 2 aromatic rings. The molecule has 1 saturated heterocycles. The molecule has 1 heterocycles. The van der Waals surface area contributed by atoms with Crippen molar-refractivity contribution in [2.24, 2.45) is 0 Å². The fraction of sp³-hybridized carbons (Fsp3) is 0.188. The normalized spacial score (nSPS) is 20.0. The number of hydrogen-bond donors (Lipinski definition) is 0. The Bertz CT molecular complexity index is 656. The van der Waals surface area contributed by atoms with Crippen LogP contribution in [0.1, 0.15) is 11.6 Å². The molecule has 0 radical (unpaired) electrons. The molecule has 0 saturated carbocycles. The van der Waals surface area contributed by atoms with Crippen LogP contribution in [0.15, 0.2) is 54.6 Å². The molecule has 0 bridgehead atoms. The monoisotopic (exact) mass is 321 g/mol. The van der Waals surface area contributed by atoms with Crippen molar-refractivity contribution in [2.75, 3.05) is 12.0 Å². The van der Waals surface area contributed by atoms with Crippen molar-refractivity contribution in [1.29, 1.82) is 0 Å². The third-order valence-electron chi connectivity index (χ3n) is 3.57. The molecule has 0 aromatic heterocycles. The van der Waals surface area contributed by atoms with Crippen molar-refractivity contribution in [3.8, 4) is 5.75 Å². The Morgan fingerprint density at radius 2 is 1.67 bits per heavy atom. The van der Waals surface area contributed by atoms with Crippen LogP contribution in [0.3, 0.4) is 0 Å². The summed E-state index contributed by atoms with van der Waals surface area (Å²) in [5.74, 6) is 0.413. The Morgan fingerprint density at radius 3 is 2.24 bits per heavy atom. The third-order valence-corrected chi connectivity index (χ3v) is 4.31. The maximum Gasteiger partial charge on any atom is 0.266 e. The van der Waals surface area contributed by atoms with E-state index in [2.05, 4.69) is 0 Å². The second-order valence-corrected chi connectivity index (χ2v) is 6.20. The lowest BCUT2D eigenvalue weighted by molar-refractivity contribution is -0.125. The molecule has 3 rings (SSSR count). The summed E-state index contributed by atoms with van der Waals surface area (Å²) in [6, 6.07) is 16.4. The zero-order valence-corrected chi connectivity index (χ0v) is 12.8. The second kappa shape index (κ2) is 5.24. The van der Waals surface area contributed by atoms with Crippen molar-refractivity contribution in [2.45, 2.75) is 10.4 Å². The molecule has 0 N–H and O–H groups in total. The molecule has 3 nitrogen and oxygen atoms in total. The van der Waals surface area contributed by atoms with E-state index in [0.717, 1.165) is 17.0 Å². The first kappa shape index (κ1) is 14.2. The molecule has 1 aliphatic rings. The van der Waals surface area contributed by atoms with E-state index >= 15 is 0 Å². The van der Waals surface area contributed by atoms with Gasteiger partial charge in [0.05, 0.1) is 7.11 Å². The van der Waals surface area contributed by atoms with Gasteiger partial charge in [0.1, 0.15) is 11.8 Å². The van der Waals surface area contributed by atoms with Gasteiger partial charge in [-0.3, -0.25) is 9.69 Å². The highest BCUT2D eigenvalue weighted by molar-refractivity contribution is 6.62. The number of nitrogens with zero attached hydrogens (tertiary/aromatic N) is 1. The Hall–Kier alpha value is -1.71. The van der Waals surface area contributed by atoms with E-state index < -0.39 is 10.4 Å². The van der Waals surface area contributed by atoms with Gasteiger partial charge in [0, 0.05) is 5.69 Å². The number of ether oxygens (including phenoxy) is 1. The fourth-order valence-electron chi connectivity index (χ4n) is 2.49. The van der Waals surface area contributed by atoms with E-state index in [-0.39, 0.29) is 5.91 Å². The van der Waals surface area contributed by atoms with Gasteiger partial charge in [0.15, 0.2) is 0 Å². The highest BCUT2D eigenvalue weighted by atomic mass is 35.5. The largest absolute Gasteiger partial charge is 0.497 e. The minimum absolute atomic E-state index is 0.315. The Labute approximate surface area is 133 Å². The number of rotatable bonds is 3. The Kier molecular flexibility index (Phi) is 3.56. The number of alkyl halides is 2. The first-order valence-electron chi connectivity index (χ1n) is 6.46. The number of anilines is 1. The highest BCUT2D eigenvalue weighted by Crippen LogP contribution is 2.52. The molecule has 0 aliphatic carbocycles. The number of benzene rings is 2. The molecule has 1 fully saturated rings. The molecule has 108 valence electrons. The molecule has 2 aromatic carbocycles. The highest BCUT2D eigenvalue weighted by Gasteiger charge is 2.60. The van der Waals surface area contributed by atoms with Crippen LogP contribution in [0.4, 0.5) is 5.69 Å². The van der Waals surface area contributed by atoms with Gasteiger partial charge in [0.2, 0.25) is 4.33 Å². The summed E-state index contributed by atoms with van der Waals surface area (Å²) in [6.07, 6.45) is 0. The molecule has 1 unspecified atom stereocenters. The topological polar surface area (TPSA) is 29.5 Å². The van der Waals surface area contributed by atoms with Gasteiger partial charge >= 0.3 is 0 Å². The number of amides is 1. The van der Waals surface area contributed by atoms with Crippen LogP contribution in [0.5, 0.6) is 5.75 Å². The van der Waals surface area contributed by atoms with Gasteiger partial charge in [0.25, 0.3) is 5.91 Å². The van der Waals surface area contributed by atoms with E-state index in [9.17, 15) is 4.79 Å². The molecular weight excluding hydrogens is 309 g/mol. The Morgan fingerprint density at radius 1 is 1.05 bits per heavy atom. The average Bonchev–Trinajstić information content (AvgIpc) is 2.52. The predicted molar refractivity (Wildman–Crippen MR) is 84.1 cm³/mol. The van der Waals surface area contributed by atoms with E-state index in [4.69, 9.17) is 27.9 Å². The number of halogens is 2. The summed E-state index contributed by atoms with van der Waals surface area (Å²) < 4.78 is 3.69. The predicted octanol–water partition coefficient (Wildman–Crippen LogP) is 3.96. The molecule has 0 spiro atoms. The molecule has 21 heavy (non-hydrogen) atoms. The van der Waals surface area contributed by atoms with Crippen molar-refractivity contribution < 1.29 is 9.53 Å². The van der Waals surface area contributed by atoms with Crippen LogP contribution >= 0.6 is 23.2 Å². The average molecular weight is 322 g/mol. The molecule has 1 amide bonds. The maximum atomic E-state index is 12.3. The van der Waals surface area contributed by atoms with Gasteiger partial charge in [-0.05, 0) is 29.8 Å². The number of β-lactam (4-membered cyclic amide) rings is 1. The van der Waals surface area contributed by atoms with Gasteiger partial charge in [-0.1, -0.05) is 53.5 Å². The zero-order valence-electron chi connectivity index (χ0n) is 11.3. The quantitative estimate of drug-likeness (QED) is 0.632. The third kappa shape index (κ3) is 2.27. The molecule has 1 atom stereocenters. The van der Waals surface area contributed by atoms with Crippen LogP contribution in [0.2, 0.25) is 0 Å². The van der Waals surface area contributed by atoms with E-state index in [1.165, 1.54) is 0 Å². The summed E-state index contributed by atoms with van der Waals surface area (Å²) >= 11 is 12.4. The number of methoxy groups -OCH3 is 1. The Balaban J connectivity index is 1.98. The van der Waals surface area contributed by atoms with Crippen LogP contribution in [0.25, 0.3) is 0 Å². The van der Waals surface area contributed by atoms with Crippen LogP contribution in [-0.2, 0) is 4.79 Å². The smallest absolute Gasteiger partial charge is 0.266 e. The van der Waals surface area contributed by atoms with Gasteiger partial charge in [-0.15, -0.1) is 0 Å². The second-order valence-electron chi connectivity index (χ2n) is 4.81. The SMILES string of the molecule is COc1ccc(N2C(=O)C(Cl)(Cl)C2c2ccccc2)cc1. The van der Waals surface area contributed by atoms with Crippen molar-refractivity contribution >= 4 is 34.8 Å². The first-order valence-corrected chi connectivity index (χ1v) is 7.22. The minimum atomic E-state index is -1.43. The zero-order chi connectivity index (χ0) is 15.0. The van der Waals surface area contributed by atoms with Crippen LogP contribution < -0.4 is 9.64 Å². The summed E-state index contributed by atoms with van der Waals surface area (Å²) in [5, 5.41) is 0. The van der Waals surface area contributed by atoms with Gasteiger partial charge in [-0.25, -0.2) is 0 Å². The maximum absolute atomic E-state index is 12.3. The summed E-state index contributed by atoms with van der Waals surface area (Å²) in [7, 11) is 1.60. The lowest BCUT2D eigenvalue weighted by atomic mass is 9.91. The molecule has 1 aliphatic heterocycles. The number of carbonyl (C=O) groups excluding carboxylic acids is 1.